The third-order valence-electron chi connectivity index (χ3n) is 4.21. The molecule has 1 heterocycles. The number of hydrogen-bond acceptors (Lipinski definition) is 1. The van der Waals surface area contributed by atoms with Gasteiger partial charge in [0.2, 0.25) is 0 Å². The molecular weight excluding hydrogens is 260 g/mol. The average Bonchev–Trinajstić information content (AvgIpc) is 2.80. The molecule has 2 N–H and O–H groups in total. The topological polar surface area (TPSA) is 48.0 Å². The summed E-state index contributed by atoms with van der Waals surface area (Å²) in [7, 11) is 0. The van der Waals surface area contributed by atoms with Crippen LogP contribution in [0.1, 0.15) is 54.3 Å². The number of aromatic nitrogens is 1. The van der Waals surface area contributed by atoms with E-state index in [1.54, 1.807) is 0 Å². The van der Waals surface area contributed by atoms with Crippen LogP contribution in [0.5, 0.6) is 0 Å². The first-order chi connectivity index (χ1) is 9.99. The van der Waals surface area contributed by atoms with Gasteiger partial charge in [0.25, 0.3) is 5.91 Å². The number of carbonyl (C=O) groups excluding carboxylic acids is 1. The lowest BCUT2D eigenvalue weighted by molar-refractivity contribution is 0.0999. The fourth-order valence-electron chi connectivity index (χ4n) is 2.94. The van der Waals surface area contributed by atoms with Crippen LogP contribution in [-0.2, 0) is 0 Å². The molecule has 0 saturated heterocycles. The Bertz CT molecular complexity index is 634. The quantitative estimate of drug-likeness (QED) is 0.877. The van der Waals surface area contributed by atoms with E-state index in [-0.39, 0.29) is 5.91 Å². The minimum absolute atomic E-state index is 0.356. The fourth-order valence-corrected chi connectivity index (χ4v) is 2.94. The highest BCUT2D eigenvalue weighted by Crippen LogP contribution is 2.32. The molecule has 0 aliphatic heterocycles. The monoisotopic (exact) mass is 284 g/mol. The van der Waals surface area contributed by atoms with Crippen molar-refractivity contribution in [1.29, 1.82) is 0 Å². The summed E-state index contributed by atoms with van der Waals surface area (Å²) in [5, 5.41) is 0. The Morgan fingerprint density at radius 1 is 1.14 bits per heavy atom. The zero-order chi connectivity index (χ0) is 15.6. The molecule has 1 aromatic carbocycles. The Morgan fingerprint density at radius 3 is 2.19 bits per heavy atom. The van der Waals surface area contributed by atoms with Gasteiger partial charge in [0.05, 0.1) is 5.56 Å². The summed E-state index contributed by atoms with van der Waals surface area (Å²) in [5.41, 5.74) is 10.6. The van der Waals surface area contributed by atoms with E-state index in [9.17, 15) is 4.79 Å². The number of benzene rings is 1. The molecule has 2 rings (SSSR count). The lowest BCUT2D eigenvalue weighted by Gasteiger charge is -2.21. The van der Waals surface area contributed by atoms with Gasteiger partial charge in [0.15, 0.2) is 0 Å². The number of amides is 1. The van der Waals surface area contributed by atoms with Crippen molar-refractivity contribution in [2.45, 2.75) is 46.6 Å². The van der Waals surface area contributed by atoms with Crippen LogP contribution in [0, 0.1) is 13.8 Å². The SMILES string of the molecule is CCC(CC)n1c(-c2ccc(C)cc2)cc(C(N)=O)c1C. The van der Waals surface area contributed by atoms with Crippen molar-refractivity contribution in [3.8, 4) is 11.3 Å². The normalized spacial score (nSPS) is 11.1. The second-order valence-corrected chi connectivity index (χ2v) is 5.60. The standard InChI is InChI=1S/C18H24N2O/c1-5-15(6-2)20-13(4)16(18(19)21)11-17(20)14-9-7-12(3)8-10-14/h7-11,15H,5-6H2,1-4H3,(H2,19,21). The summed E-state index contributed by atoms with van der Waals surface area (Å²) in [6.07, 6.45) is 2.06. The maximum Gasteiger partial charge on any atom is 0.250 e. The summed E-state index contributed by atoms with van der Waals surface area (Å²) in [4.78, 5) is 11.7. The van der Waals surface area contributed by atoms with Crippen LogP contribution in [0.25, 0.3) is 11.3 Å². The Balaban J connectivity index is 2.65. The number of rotatable bonds is 5. The largest absolute Gasteiger partial charge is 0.366 e. The molecule has 0 bridgehead atoms. The lowest BCUT2D eigenvalue weighted by atomic mass is 10.1. The summed E-state index contributed by atoms with van der Waals surface area (Å²) in [6, 6.07) is 10.7. The van der Waals surface area contributed by atoms with Gasteiger partial charge >= 0.3 is 0 Å². The van der Waals surface area contributed by atoms with Crippen molar-refractivity contribution in [3.63, 3.8) is 0 Å². The Labute approximate surface area is 126 Å². The van der Waals surface area contributed by atoms with E-state index in [4.69, 9.17) is 5.73 Å². The van der Waals surface area contributed by atoms with Gasteiger partial charge in [-0.2, -0.15) is 0 Å². The molecule has 112 valence electrons. The zero-order valence-corrected chi connectivity index (χ0v) is 13.3. The first-order valence-electron chi connectivity index (χ1n) is 7.58. The fraction of sp³-hybridized carbons (Fsp3) is 0.389. The van der Waals surface area contributed by atoms with Crippen molar-refractivity contribution < 1.29 is 4.79 Å². The molecule has 0 fully saturated rings. The van der Waals surface area contributed by atoms with Crippen LogP contribution < -0.4 is 5.73 Å². The third-order valence-corrected chi connectivity index (χ3v) is 4.21. The lowest BCUT2D eigenvalue weighted by Crippen LogP contribution is -2.14. The Morgan fingerprint density at radius 2 is 1.71 bits per heavy atom. The van der Waals surface area contributed by atoms with Crippen LogP contribution in [0.3, 0.4) is 0 Å². The summed E-state index contributed by atoms with van der Waals surface area (Å²) < 4.78 is 2.27. The molecule has 21 heavy (non-hydrogen) atoms. The minimum atomic E-state index is -0.356. The van der Waals surface area contributed by atoms with Crippen LogP contribution in [0.15, 0.2) is 30.3 Å². The van der Waals surface area contributed by atoms with Gasteiger partial charge in [-0.3, -0.25) is 4.79 Å². The number of carbonyl (C=O) groups is 1. The van der Waals surface area contributed by atoms with Crippen molar-refractivity contribution in [1.82, 2.24) is 4.57 Å². The minimum Gasteiger partial charge on any atom is -0.366 e. The predicted octanol–water partition coefficient (Wildman–Crippen LogP) is 4.23. The summed E-state index contributed by atoms with van der Waals surface area (Å²) in [6.45, 7) is 8.41. The van der Waals surface area contributed by atoms with E-state index in [1.165, 1.54) is 5.56 Å². The molecule has 1 aromatic heterocycles. The van der Waals surface area contributed by atoms with Crippen LogP contribution in [0.2, 0.25) is 0 Å². The van der Waals surface area contributed by atoms with Gasteiger partial charge in [-0.05, 0) is 38.3 Å². The molecular formula is C18H24N2O. The number of hydrogen-bond donors (Lipinski definition) is 1. The molecule has 3 heteroatoms. The molecule has 1 amide bonds. The Kier molecular flexibility index (Phi) is 4.51. The van der Waals surface area contributed by atoms with Crippen LogP contribution in [0.4, 0.5) is 0 Å². The van der Waals surface area contributed by atoms with E-state index in [0.29, 0.717) is 11.6 Å². The van der Waals surface area contributed by atoms with Gasteiger partial charge < -0.3 is 10.3 Å². The van der Waals surface area contributed by atoms with Crippen molar-refractivity contribution >= 4 is 5.91 Å². The molecule has 0 saturated carbocycles. The molecule has 3 nitrogen and oxygen atoms in total. The molecule has 0 unspecified atom stereocenters. The maximum atomic E-state index is 11.7. The van der Waals surface area contributed by atoms with Gasteiger partial charge in [0.1, 0.15) is 0 Å². The van der Waals surface area contributed by atoms with E-state index < -0.39 is 0 Å². The van der Waals surface area contributed by atoms with Crippen molar-refractivity contribution in [3.05, 3.63) is 47.2 Å². The smallest absolute Gasteiger partial charge is 0.250 e. The van der Waals surface area contributed by atoms with Crippen LogP contribution >= 0.6 is 0 Å². The number of primary amides is 1. The molecule has 0 spiro atoms. The highest BCUT2D eigenvalue weighted by Gasteiger charge is 2.20. The second kappa shape index (κ2) is 6.17. The molecule has 2 aromatic rings. The molecule has 0 radical (unpaired) electrons. The van der Waals surface area contributed by atoms with E-state index >= 15 is 0 Å². The summed E-state index contributed by atoms with van der Waals surface area (Å²) >= 11 is 0. The van der Waals surface area contributed by atoms with Crippen LogP contribution in [-0.4, -0.2) is 10.5 Å². The molecule has 0 aliphatic rings. The van der Waals surface area contributed by atoms with E-state index in [2.05, 4.69) is 49.6 Å². The second-order valence-electron chi connectivity index (χ2n) is 5.60. The highest BCUT2D eigenvalue weighted by atomic mass is 16.1. The average molecular weight is 284 g/mol. The third kappa shape index (κ3) is 2.87. The van der Waals surface area contributed by atoms with Crippen molar-refractivity contribution in [2.75, 3.05) is 0 Å². The number of nitrogens with two attached hydrogens (primary N) is 1. The van der Waals surface area contributed by atoms with Crippen molar-refractivity contribution in [2.24, 2.45) is 5.73 Å². The maximum absolute atomic E-state index is 11.7. The Hall–Kier alpha value is -2.03. The molecule has 0 atom stereocenters. The molecule has 0 aliphatic carbocycles. The van der Waals surface area contributed by atoms with Gasteiger partial charge in [-0.25, -0.2) is 0 Å². The van der Waals surface area contributed by atoms with E-state index in [1.807, 2.05) is 13.0 Å². The van der Waals surface area contributed by atoms with Gasteiger partial charge in [0, 0.05) is 17.4 Å². The zero-order valence-electron chi connectivity index (χ0n) is 13.3. The highest BCUT2D eigenvalue weighted by molar-refractivity contribution is 5.95. The van der Waals surface area contributed by atoms with Gasteiger partial charge in [-0.1, -0.05) is 43.7 Å². The summed E-state index contributed by atoms with van der Waals surface area (Å²) in [5.74, 6) is -0.356. The first kappa shape index (κ1) is 15.4. The van der Waals surface area contributed by atoms with E-state index in [0.717, 1.165) is 29.8 Å². The number of aryl methyl sites for hydroxylation is 1. The number of nitrogens with zero attached hydrogens (tertiary/aromatic N) is 1. The first-order valence-corrected chi connectivity index (χ1v) is 7.58. The van der Waals surface area contributed by atoms with Gasteiger partial charge in [-0.15, -0.1) is 0 Å². The predicted molar refractivity (Wildman–Crippen MR) is 87.5 cm³/mol.